The van der Waals surface area contributed by atoms with Gasteiger partial charge >= 0.3 is 0 Å². The fourth-order valence-corrected chi connectivity index (χ4v) is 2.37. The first-order chi connectivity index (χ1) is 10.2. The topological polar surface area (TPSA) is 33.2 Å². The van der Waals surface area contributed by atoms with Crippen LogP contribution in [0.3, 0.4) is 0 Å². The maximum Gasteiger partial charge on any atom is 0.195 e. The van der Waals surface area contributed by atoms with Crippen LogP contribution in [-0.2, 0) is 0 Å². The van der Waals surface area contributed by atoms with Gasteiger partial charge in [0.15, 0.2) is 5.78 Å². The number of carbonyl (C=O) groups excluding carboxylic acids is 1. The summed E-state index contributed by atoms with van der Waals surface area (Å²) < 4.78 is 0. The first kappa shape index (κ1) is 13.3. The Morgan fingerprint density at radius 1 is 1.00 bits per heavy atom. The average Bonchev–Trinajstić information content (AvgIpc) is 2.53. The number of hydrogen-bond acceptors (Lipinski definition) is 3. The van der Waals surface area contributed by atoms with Crippen LogP contribution >= 0.6 is 0 Å². The second-order valence-corrected chi connectivity index (χ2v) is 5.15. The Morgan fingerprint density at radius 3 is 2.57 bits per heavy atom. The Hall–Kier alpha value is -2.68. The molecular weight excluding hydrogens is 260 g/mol. The largest absolute Gasteiger partial charge is 0.378 e. The van der Waals surface area contributed by atoms with Gasteiger partial charge in [0.05, 0.1) is 5.52 Å². The molecule has 0 unspecified atom stereocenters. The number of rotatable bonds is 3. The third-order valence-electron chi connectivity index (χ3n) is 3.50. The molecule has 21 heavy (non-hydrogen) atoms. The molecule has 0 saturated carbocycles. The first-order valence-electron chi connectivity index (χ1n) is 6.82. The summed E-state index contributed by atoms with van der Waals surface area (Å²) in [6, 6.07) is 17.2. The Kier molecular flexibility index (Phi) is 3.40. The fourth-order valence-electron chi connectivity index (χ4n) is 2.37. The summed E-state index contributed by atoms with van der Waals surface area (Å²) in [5.74, 6) is 0.00278. The van der Waals surface area contributed by atoms with E-state index in [0.29, 0.717) is 11.1 Å². The van der Waals surface area contributed by atoms with Crippen LogP contribution < -0.4 is 4.90 Å². The van der Waals surface area contributed by atoms with Crippen LogP contribution in [-0.4, -0.2) is 24.9 Å². The highest BCUT2D eigenvalue weighted by Gasteiger charge is 2.13. The van der Waals surface area contributed by atoms with Crippen LogP contribution in [0.2, 0.25) is 0 Å². The molecule has 2 aromatic carbocycles. The van der Waals surface area contributed by atoms with Crippen molar-refractivity contribution in [2.24, 2.45) is 0 Å². The summed E-state index contributed by atoms with van der Waals surface area (Å²) in [6.45, 7) is 0. The minimum Gasteiger partial charge on any atom is -0.378 e. The summed E-state index contributed by atoms with van der Waals surface area (Å²) in [6.07, 6.45) is 1.72. The molecule has 0 aliphatic rings. The maximum atomic E-state index is 12.8. The highest BCUT2D eigenvalue weighted by molar-refractivity contribution is 6.15. The fraction of sp³-hybridized carbons (Fsp3) is 0.111. The molecule has 3 nitrogen and oxygen atoms in total. The SMILES string of the molecule is CN(C)c1cccc(C(=O)c2cccc3cccnc23)c1. The molecular formula is C18H16N2O. The molecule has 0 atom stereocenters. The van der Waals surface area contributed by atoms with Crippen LogP contribution in [0.15, 0.2) is 60.8 Å². The van der Waals surface area contributed by atoms with E-state index >= 15 is 0 Å². The maximum absolute atomic E-state index is 12.8. The van der Waals surface area contributed by atoms with Crippen molar-refractivity contribution in [2.45, 2.75) is 0 Å². The third kappa shape index (κ3) is 2.50. The van der Waals surface area contributed by atoms with Crippen molar-refractivity contribution < 1.29 is 4.79 Å². The zero-order valence-corrected chi connectivity index (χ0v) is 12.1. The highest BCUT2D eigenvalue weighted by atomic mass is 16.1. The molecule has 0 aliphatic heterocycles. The third-order valence-corrected chi connectivity index (χ3v) is 3.50. The minimum atomic E-state index is 0.00278. The number of para-hydroxylation sites is 1. The molecule has 0 aliphatic carbocycles. The number of pyridine rings is 1. The van der Waals surface area contributed by atoms with E-state index < -0.39 is 0 Å². The van der Waals surface area contributed by atoms with Gasteiger partial charge in [0, 0.05) is 42.5 Å². The molecule has 3 aromatic rings. The summed E-state index contributed by atoms with van der Waals surface area (Å²) in [4.78, 5) is 19.1. The number of ketones is 1. The van der Waals surface area contributed by atoms with Gasteiger partial charge < -0.3 is 4.90 Å². The van der Waals surface area contributed by atoms with Gasteiger partial charge in [-0.1, -0.05) is 30.3 Å². The Labute approximate surface area is 123 Å². The van der Waals surface area contributed by atoms with Crippen LogP contribution in [0, 0.1) is 0 Å². The minimum absolute atomic E-state index is 0.00278. The number of benzene rings is 2. The Morgan fingerprint density at radius 2 is 1.76 bits per heavy atom. The van der Waals surface area contributed by atoms with Gasteiger partial charge in [0.1, 0.15) is 0 Å². The summed E-state index contributed by atoms with van der Waals surface area (Å²) >= 11 is 0. The standard InChI is InChI=1S/C18H16N2O/c1-20(2)15-9-3-7-14(12-15)18(21)16-10-4-6-13-8-5-11-19-17(13)16/h3-12H,1-2H3. The van der Waals surface area contributed by atoms with Gasteiger partial charge in [0.25, 0.3) is 0 Å². The number of aromatic nitrogens is 1. The molecule has 0 fully saturated rings. The van der Waals surface area contributed by atoms with Gasteiger partial charge in [-0.25, -0.2) is 0 Å². The van der Waals surface area contributed by atoms with Gasteiger partial charge in [-0.2, -0.15) is 0 Å². The van der Waals surface area contributed by atoms with Crippen LogP contribution in [0.25, 0.3) is 10.9 Å². The molecule has 0 N–H and O–H groups in total. The molecule has 0 saturated heterocycles. The quantitative estimate of drug-likeness (QED) is 0.686. The van der Waals surface area contributed by atoms with E-state index in [0.717, 1.165) is 16.6 Å². The van der Waals surface area contributed by atoms with Gasteiger partial charge in [0.2, 0.25) is 0 Å². The monoisotopic (exact) mass is 276 g/mol. The molecule has 0 bridgehead atoms. The van der Waals surface area contributed by atoms with Crippen molar-refractivity contribution in [2.75, 3.05) is 19.0 Å². The molecule has 0 amide bonds. The average molecular weight is 276 g/mol. The van der Waals surface area contributed by atoms with Crippen molar-refractivity contribution in [3.8, 4) is 0 Å². The van der Waals surface area contributed by atoms with Gasteiger partial charge in [-0.05, 0) is 24.3 Å². The highest BCUT2D eigenvalue weighted by Crippen LogP contribution is 2.21. The van der Waals surface area contributed by atoms with Crippen LogP contribution in [0.4, 0.5) is 5.69 Å². The van der Waals surface area contributed by atoms with Crippen LogP contribution in [0.1, 0.15) is 15.9 Å². The van der Waals surface area contributed by atoms with E-state index in [1.54, 1.807) is 6.20 Å². The number of anilines is 1. The lowest BCUT2D eigenvalue weighted by molar-refractivity contribution is 0.104. The lowest BCUT2D eigenvalue weighted by Crippen LogP contribution is -2.10. The molecule has 0 spiro atoms. The Balaban J connectivity index is 2.11. The van der Waals surface area contributed by atoms with Crippen molar-refractivity contribution >= 4 is 22.4 Å². The number of hydrogen-bond donors (Lipinski definition) is 0. The molecule has 0 radical (unpaired) electrons. The zero-order chi connectivity index (χ0) is 14.8. The molecule has 1 aromatic heterocycles. The lowest BCUT2D eigenvalue weighted by atomic mass is 10.00. The van der Waals surface area contributed by atoms with Crippen molar-refractivity contribution in [3.05, 3.63) is 71.9 Å². The van der Waals surface area contributed by atoms with E-state index in [1.165, 1.54) is 0 Å². The molecule has 104 valence electrons. The second kappa shape index (κ2) is 5.37. The van der Waals surface area contributed by atoms with E-state index in [2.05, 4.69) is 4.98 Å². The summed E-state index contributed by atoms with van der Waals surface area (Å²) in [5, 5.41) is 0.979. The number of fused-ring (bicyclic) bond motifs is 1. The second-order valence-electron chi connectivity index (χ2n) is 5.15. The normalized spacial score (nSPS) is 10.6. The van der Waals surface area contributed by atoms with Crippen molar-refractivity contribution in [1.82, 2.24) is 4.98 Å². The molecule has 1 heterocycles. The lowest BCUT2D eigenvalue weighted by Gasteiger charge is -2.13. The predicted octanol–water partition coefficient (Wildman–Crippen LogP) is 3.53. The zero-order valence-electron chi connectivity index (χ0n) is 12.1. The van der Waals surface area contributed by atoms with Crippen LogP contribution in [0.5, 0.6) is 0 Å². The van der Waals surface area contributed by atoms with Gasteiger partial charge in [-0.3, -0.25) is 9.78 Å². The number of nitrogens with zero attached hydrogens (tertiary/aromatic N) is 2. The van der Waals surface area contributed by atoms with E-state index in [9.17, 15) is 4.79 Å². The van der Waals surface area contributed by atoms with E-state index in [1.807, 2.05) is 73.6 Å². The number of carbonyl (C=O) groups is 1. The molecule has 3 rings (SSSR count). The van der Waals surface area contributed by atoms with Gasteiger partial charge in [-0.15, -0.1) is 0 Å². The van der Waals surface area contributed by atoms with E-state index in [4.69, 9.17) is 0 Å². The van der Waals surface area contributed by atoms with Crippen molar-refractivity contribution in [3.63, 3.8) is 0 Å². The van der Waals surface area contributed by atoms with Crippen molar-refractivity contribution in [1.29, 1.82) is 0 Å². The predicted molar refractivity (Wildman–Crippen MR) is 85.9 cm³/mol. The van der Waals surface area contributed by atoms with E-state index in [-0.39, 0.29) is 5.78 Å². The first-order valence-corrected chi connectivity index (χ1v) is 6.82. The Bertz CT molecular complexity index is 804. The molecule has 3 heteroatoms. The smallest absolute Gasteiger partial charge is 0.195 e. The summed E-state index contributed by atoms with van der Waals surface area (Å²) in [5.41, 5.74) is 3.08. The summed E-state index contributed by atoms with van der Waals surface area (Å²) in [7, 11) is 3.92.